The maximum Gasteiger partial charge on any atom is 0.340 e. The van der Waals surface area contributed by atoms with Crippen LogP contribution in [-0.4, -0.2) is 18.7 Å². The Morgan fingerprint density at radius 1 is 1.73 bits per heavy atom. The highest BCUT2D eigenvalue weighted by Gasteiger charge is 2.29. The van der Waals surface area contributed by atoms with Gasteiger partial charge >= 0.3 is 5.97 Å². The van der Waals surface area contributed by atoms with Crippen molar-refractivity contribution in [2.24, 2.45) is 5.92 Å². The third-order valence-corrected chi connectivity index (χ3v) is 1.78. The molecule has 0 aromatic carbocycles. The van der Waals surface area contributed by atoms with Crippen molar-refractivity contribution in [3.05, 3.63) is 0 Å². The maximum atomic E-state index is 12.8. The molecule has 11 heavy (non-hydrogen) atoms. The second kappa shape index (κ2) is 3.69. The van der Waals surface area contributed by atoms with Gasteiger partial charge in [-0.1, -0.05) is 12.8 Å². The van der Waals surface area contributed by atoms with E-state index in [1.807, 2.05) is 0 Å². The van der Waals surface area contributed by atoms with Crippen LogP contribution in [0.15, 0.2) is 0 Å². The van der Waals surface area contributed by atoms with E-state index in [4.69, 9.17) is 0 Å². The van der Waals surface area contributed by atoms with E-state index in [0.29, 0.717) is 12.3 Å². The van der Waals surface area contributed by atoms with Crippen LogP contribution >= 0.6 is 0 Å². The highest BCUT2D eigenvalue weighted by atomic mass is 19.1. The molecule has 0 aromatic rings. The van der Waals surface area contributed by atoms with Gasteiger partial charge in [-0.05, 0) is 19.3 Å². The minimum absolute atomic E-state index is 0.268. The number of hydrogen-bond donors (Lipinski definition) is 0. The SMILES string of the molecule is CCOC(=O)C(F)CC1CC1. The van der Waals surface area contributed by atoms with E-state index in [2.05, 4.69) is 4.74 Å². The van der Waals surface area contributed by atoms with Crippen molar-refractivity contribution in [2.75, 3.05) is 6.61 Å². The van der Waals surface area contributed by atoms with Gasteiger partial charge in [-0.15, -0.1) is 0 Å². The van der Waals surface area contributed by atoms with Gasteiger partial charge in [0, 0.05) is 0 Å². The lowest BCUT2D eigenvalue weighted by molar-refractivity contribution is -0.149. The second-order valence-electron chi connectivity index (χ2n) is 2.90. The van der Waals surface area contributed by atoms with Crippen LogP contribution < -0.4 is 0 Å². The first kappa shape index (κ1) is 8.50. The molecule has 0 radical (unpaired) electrons. The van der Waals surface area contributed by atoms with Crippen LogP contribution in [0.1, 0.15) is 26.2 Å². The minimum atomic E-state index is -1.39. The van der Waals surface area contributed by atoms with E-state index in [1.165, 1.54) is 0 Å². The summed E-state index contributed by atoms with van der Waals surface area (Å²) < 4.78 is 17.3. The molecular weight excluding hydrogens is 147 g/mol. The Balaban J connectivity index is 2.15. The van der Waals surface area contributed by atoms with E-state index in [0.717, 1.165) is 12.8 Å². The van der Waals surface area contributed by atoms with E-state index in [1.54, 1.807) is 6.92 Å². The summed E-state index contributed by atoms with van der Waals surface area (Å²) in [7, 11) is 0. The molecule has 1 rings (SSSR count). The molecule has 0 bridgehead atoms. The summed E-state index contributed by atoms with van der Waals surface area (Å²) >= 11 is 0. The number of halogens is 1. The summed E-state index contributed by atoms with van der Waals surface area (Å²) in [5, 5.41) is 0. The van der Waals surface area contributed by atoms with Crippen LogP contribution in [0.2, 0.25) is 0 Å². The van der Waals surface area contributed by atoms with Crippen LogP contribution in [0, 0.1) is 5.92 Å². The fourth-order valence-corrected chi connectivity index (χ4v) is 0.975. The number of carbonyl (C=O) groups excluding carboxylic acids is 1. The summed E-state index contributed by atoms with van der Waals surface area (Å²) in [5.41, 5.74) is 0. The zero-order chi connectivity index (χ0) is 8.27. The fraction of sp³-hybridized carbons (Fsp3) is 0.875. The summed E-state index contributed by atoms with van der Waals surface area (Å²) in [6, 6.07) is 0. The topological polar surface area (TPSA) is 26.3 Å². The van der Waals surface area contributed by atoms with E-state index < -0.39 is 12.1 Å². The summed E-state index contributed by atoms with van der Waals surface area (Å²) in [4.78, 5) is 10.7. The van der Waals surface area contributed by atoms with Crippen LogP contribution in [0.4, 0.5) is 4.39 Å². The highest BCUT2D eigenvalue weighted by molar-refractivity contribution is 5.74. The molecule has 0 aliphatic heterocycles. The molecule has 0 aromatic heterocycles. The van der Waals surface area contributed by atoms with Gasteiger partial charge in [-0.2, -0.15) is 0 Å². The first-order valence-corrected chi connectivity index (χ1v) is 4.04. The van der Waals surface area contributed by atoms with Gasteiger partial charge in [0.25, 0.3) is 0 Å². The number of ether oxygens (including phenoxy) is 1. The standard InChI is InChI=1S/C8H13FO2/c1-2-11-8(10)7(9)5-6-3-4-6/h6-7H,2-5H2,1H3. The molecule has 0 heterocycles. The lowest BCUT2D eigenvalue weighted by atomic mass is 10.2. The molecule has 64 valence electrons. The van der Waals surface area contributed by atoms with Gasteiger partial charge in [0.1, 0.15) is 0 Å². The number of rotatable bonds is 4. The Hall–Kier alpha value is -0.600. The number of alkyl halides is 1. The van der Waals surface area contributed by atoms with Gasteiger partial charge < -0.3 is 4.74 Å². The van der Waals surface area contributed by atoms with Gasteiger partial charge in [0.15, 0.2) is 6.17 Å². The smallest absolute Gasteiger partial charge is 0.340 e. The number of carbonyl (C=O) groups is 1. The van der Waals surface area contributed by atoms with Crippen molar-refractivity contribution in [1.82, 2.24) is 0 Å². The van der Waals surface area contributed by atoms with Crippen LogP contribution in [-0.2, 0) is 9.53 Å². The Morgan fingerprint density at radius 3 is 2.82 bits per heavy atom. The van der Waals surface area contributed by atoms with E-state index in [-0.39, 0.29) is 6.61 Å². The van der Waals surface area contributed by atoms with Crippen molar-refractivity contribution in [2.45, 2.75) is 32.4 Å². The quantitative estimate of drug-likeness (QED) is 0.585. The summed E-state index contributed by atoms with van der Waals surface area (Å²) in [5.74, 6) is -0.256. The first-order valence-electron chi connectivity index (χ1n) is 4.04. The van der Waals surface area contributed by atoms with Crippen LogP contribution in [0.5, 0.6) is 0 Å². The summed E-state index contributed by atoms with van der Waals surface area (Å²) in [6.45, 7) is 1.95. The van der Waals surface area contributed by atoms with E-state index in [9.17, 15) is 9.18 Å². The van der Waals surface area contributed by atoms with Crippen molar-refractivity contribution in [3.63, 3.8) is 0 Å². The summed E-state index contributed by atoms with van der Waals surface area (Å²) in [6.07, 6.45) is 1.11. The zero-order valence-corrected chi connectivity index (χ0v) is 6.68. The lowest BCUT2D eigenvalue weighted by Gasteiger charge is -2.05. The third-order valence-electron chi connectivity index (χ3n) is 1.78. The molecule has 1 fully saturated rings. The van der Waals surface area contributed by atoms with Crippen molar-refractivity contribution in [3.8, 4) is 0 Å². The molecule has 1 aliphatic rings. The number of hydrogen-bond acceptors (Lipinski definition) is 2. The van der Waals surface area contributed by atoms with Gasteiger partial charge in [0.05, 0.1) is 6.61 Å². The second-order valence-corrected chi connectivity index (χ2v) is 2.90. The van der Waals surface area contributed by atoms with Crippen molar-refractivity contribution < 1.29 is 13.9 Å². The average Bonchev–Trinajstić information content (AvgIpc) is 2.72. The lowest BCUT2D eigenvalue weighted by Crippen LogP contribution is -2.19. The maximum absolute atomic E-state index is 12.8. The molecule has 0 amide bonds. The Kier molecular flexibility index (Phi) is 2.85. The molecule has 2 nitrogen and oxygen atoms in total. The Labute approximate surface area is 65.7 Å². The molecule has 1 saturated carbocycles. The normalized spacial score (nSPS) is 19.5. The molecular formula is C8H13FO2. The predicted molar refractivity (Wildman–Crippen MR) is 38.9 cm³/mol. The first-order chi connectivity index (χ1) is 5.24. The molecule has 0 N–H and O–H groups in total. The predicted octanol–water partition coefficient (Wildman–Crippen LogP) is 1.69. The van der Waals surface area contributed by atoms with Crippen molar-refractivity contribution in [1.29, 1.82) is 0 Å². The minimum Gasteiger partial charge on any atom is -0.464 e. The van der Waals surface area contributed by atoms with Crippen molar-refractivity contribution >= 4 is 5.97 Å². The molecule has 1 unspecified atom stereocenters. The molecule has 3 heteroatoms. The fourth-order valence-electron chi connectivity index (χ4n) is 0.975. The molecule has 1 aliphatic carbocycles. The largest absolute Gasteiger partial charge is 0.464 e. The molecule has 1 atom stereocenters. The number of esters is 1. The van der Waals surface area contributed by atoms with Crippen LogP contribution in [0.3, 0.4) is 0 Å². The Morgan fingerprint density at radius 2 is 2.36 bits per heavy atom. The average molecular weight is 160 g/mol. The van der Waals surface area contributed by atoms with E-state index >= 15 is 0 Å². The molecule has 0 saturated heterocycles. The van der Waals surface area contributed by atoms with Crippen LogP contribution in [0.25, 0.3) is 0 Å². The highest BCUT2D eigenvalue weighted by Crippen LogP contribution is 2.34. The molecule has 0 spiro atoms. The Bertz CT molecular complexity index is 143. The third kappa shape index (κ3) is 2.87. The van der Waals surface area contributed by atoms with Gasteiger partial charge in [-0.25, -0.2) is 9.18 Å². The monoisotopic (exact) mass is 160 g/mol. The van der Waals surface area contributed by atoms with Gasteiger partial charge in [-0.3, -0.25) is 0 Å². The van der Waals surface area contributed by atoms with Gasteiger partial charge in [0.2, 0.25) is 0 Å². The zero-order valence-electron chi connectivity index (χ0n) is 6.68.